The number of nitrogens with one attached hydrogen (secondary N) is 1. The molecule has 1 aromatic rings. The average Bonchev–Trinajstić information content (AvgIpc) is 2.83. The van der Waals surface area contributed by atoms with Crippen LogP contribution < -0.4 is 10.2 Å². The maximum atomic E-state index is 11.5. The molecule has 5 nitrogen and oxygen atoms in total. The van der Waals surface area contributed by atoms with Gasteiger partial charge in [-0.05, 0) is 32.3 Å². The Morgan fingerprint density at radius 1 is 1.38 bits per heavy atom. The second-order valence-electron chi connectivity index (χ2n) is 5.56. The molecule has 2 aliphatic rings. The first-order chi connectivity index (χ1) is 9.69. The topological polar surface area (TPSA) is 44.8 Å². The summed E-state index contributed by atoms with van der Waals surface area (Å²) in [4.78, 5) is 16.3. The van der Waals surface area contributed by atoms with Crippen LogP contribution in [0.5, 0.6) is 0 Å². The van der Waals surface area contributed by atoms with Crippen LogP contribution in [0.15, 0.2) is 18.2 Å². The quantitative estimate of drug-likeness (QED) is 0.851. The molecular formula is C16H25N3O2. The molecule has 3 rings (SSSR count). The summed E-state index contributed by atoms with van der Waals surface area (Å²) in [5.74, 6) is -0.196. The minimum Gasteiger partial charge on any atom is -0.457 e. The molecule has 1 aromatic carbocycles. The van der Waals surface area contributed by atoms with Crippen molar-refractivity contribution in [3.05, 3.63) is 29.3 Å². The first-order valence-corrected chi connectivity index (χ1v) is 7.09. The predicted molar refractivity (Wildman–Crippen MR) is 84.9 cm³/mol. The molecule has 0 aliphatic carbocycles. The highest BCUT2D eigenvalue weighted by molar-refractivity contribution is 5.93. The standard InChI is InChI=1S/C15H21N3O2.CH4/c1-16-8-13-9-18(6-5-17(13)2)12-3-4-14-11(7-12)10-20-15(14)19;/h3-4,7,13,16H,5-6,8-10H2,1-2H3;1H4. The number of rotatable bonds is 3. The number of hydrogen-bond acceptors (Lipinski definition) is 5. The van der Waals surface area contributed by atoms with Gasteiger partial charge in [-0.25, -0.2) is 4.79 Å². The maximum Gasteiger partial charge on any atom is 0.338 e. The number of fused-ring (bicyclic) bond motifs is 1. The molecular weight excluding hydrogens is 266 g/mol. The van der Waals surface area contributed by atoms with Crippen LogP contribution in [0.1, 0.15) is 23.3 Å². The van der Waals surface area contributed by atoms with Gasteiger partial charge < -0.3 is 15.0 Å². The predicted octanol–water partition coefficient (Wildman–Crippen LogP) is 1.33. The maximum absolute atomic E-state index is 11.5. The number of piperazine rings is 1. The summed E-state index contributed by atoms with van der Waals surface area (Å²) in [7, 11) is 4.17. The molecule has 0 bridgehead atoms. The molecule has 1 N–H and O–H groups in total. The lowest BCUT2D eigenvalue weighted by molar-refractivity contribution is 0.0535. The van der Waals surface area contributed by atoms with E-state index in [1.165, 1.54) is 5.69 Å². The molecule has 0 saturated carbocycles. The lowest BCUT2D eigenvalue weighted by atomic mass is 10.1. The van der Waals surface area contributed by atoms with Crippen LogP contribution in [0.25, 0.3) is 0 Å². The first kappa shape index (κ1) is 15.8. The van der Waals surface area contributed by atoms with E-state index in [1.54, 1.807) is 0 Å². The number of likely N-dealkylation sites (N-methyl/N-ethyl adjacent to an activating group) is 2. The molecule has 1 saturated heterocycles. The number of anilines is 1. The van der Waals surface area contributed by atoms with Crippen LogP contribution in [0.4, 0.5) is 5.69 Å². The van der Waals surface area contributed by atoms with Crippen molar-refractivity contribution in [2.75, 3.05) is 45.2 Å². The summed E-state index contributed by atoms with van der Waals surface area (Å²) in [5.41, 5.74) is 2.92. The Morgan fingerprint density at radius 3 is 2.95 bits per heavy atom. The fourth-order valence-corrected chi connectivity index (χ4v) is 2.95. The molecule has 2 aliphatic heterocycles. The fraction of sp³-hybridized carbons (Fsp3) is 0.562. The smallest absolute Gasteiger partial charge is 0.338 e. The Bertz CT molecular complexity index is 518. The van der Waals surface area contributed by atoms with Gasteiger partial charge in [-0.3, -0.25) is 4.90 Å². The van der Waals surface area contributed by atoms with Gasteiger partial charge in [0.25, 0.3) is 0 Å². The van der Waals surface area contributed by atoms with Crippen molar-refractivity contribution >= 4 is 11.7 Å². The van der Waals surface area contributed by atoms with Crippen molar-refractivity contribution in [3.8, 4) is 0 Å². The fourth-order valence-electron chi connectivity index (χ4n) is 2.95. The molecule has 0 amide bonds. The third kappa shape index (κ3) is 3.04. The largest absolute Gasteiger partial charge is 0.457 e. The number of nitrogens with zero attached hydrogens (tertiary/aromatic N) is 2. The Kier molecular flexibility index (Phi) is 4.85. The number of carbonyl (C=O) groups is 1. The van der Waals surface area contributed by atoms with Crippen molar-refractivity contribution in [2.24, 2.45) is 0 Å². The van der Waals surface area contributed by atoms with E-state index in [4.69, 9.17) is 4.74 Å². The van der Waals surface area contributed by atoms with Crippen molar-refractivity contribution in [1.82, 2.24) is 10.2 Å². The third-order valence-electron chi connectivity index (χ3n) is 4.25. The zero-order valence-corrected chi connectivity index (χ0v) is 12.1. The first-order valence-electron chi connectivity index (χ1n) is 7.09. The lowest BCUT2D eigenvalue weighted by Crippen LogP contribution is -2.54. The monoisotopic (exact) mass is 291 g/mol. The van der Waals surface area contributed by atoms with Gasteiger partial charge in [0, 0.05) is 43.5 Å². The van der Waals surface area contributed by atoms with Gasteiger partial charge in [-0.1, -0.05) is 7.43 Å². The third-order valence-corrected chi connectivity index (χ3v) is 4.25. The van der Waals surface area contributed by atoms with E-state index < -0.39 is 0 Å². The van der Waals surface area contributed by atoms with E-state index in [2.05, 4.69) is 28.2 Å². The van der Waals surface area contributed by atoms with Crippen LogP contribution in [-0.2, 0) is 11.3 Å². The van der Waals surface area contributed by atoms with E-state index in [1.807, 2.05) is 19.2 Å². The van der Waals surface area contributed by atoms with Gasteiger partial charge in [-0.15, -0.1) is 0 Å². The van der Waals surface area contributed by atoms with Crippen molar-refractivity contribution in [3.63, 3.8) is 0 Å². The highest BCUT2D eigenvalue weighted by Crippen LogP contribution is 2.26. The number of hydrogen-bond donors (Lipinski definition) is 1. The normalized spacial score (nSPS) is 21.7. The number of ether oxygens (including phenoxy) is 1. The van der Waals surface area contributed by atoms with Gasteiger partial charge in [0.05, 0.1) is 5.56 Å². The van der Waals surface area contributed by atoms with Crippen molar-refractivity contribution < 1.29 is 9.53 Å². The molecule has 1 unspecified atom stereocenters. The van der Waals surface area contributed by atoms with Gasteiger partial charge in [0.15, 0.2) is 0 Å². The van der Waals surface area contributed by atoms with Crippen LogP contribution >= 0.6 is 0 Å². The zero-order valence-electron chi connectivity index (χ0n) is 12.1. The SMILES string of the molecule is C.CNCC1CN(c2ccc3c(c2)COC3=O)CCN1C. The lowest BCUT2D eigenvalue weighted by Gasteiger charge is -2.40. The average molecular weight is 291 g/mol. The van der Waals surface area contributed by atoms with Gasteiger partial charge >= 0.3 is 5.97 Å². The molecule has 21 heavy (non-hydrogen) atoms. The summed E-state index contributed by atoms with van der Waals surface area (Å²) in [6, 6.07) is 6.54. The minimum absolute atomic E-state index is 0. The van der Waals surface area contributed by atoms with Crippen molar-refractivity contribution in [2.45, 2.75) is 20.1 Å². The van der Waals surface area contributed by atoms with Gasteiger partial charge in [-0.2, -0.15) is 0 Å². The van der Waals surface area contributed by atoms with E-state index in [0.717, 1.165) is 37.3 Å². The zero-order chi connectivity index (χ0) is 14.1. The van der Waals surface area contributed by atoms with E-state index in [9.17, 15) is 4.79 Å². The molecule has 1 atom stereocenters. The second-order valence-corrected chi connectivity index (χ2v) is 5.56. The Morgan fingerprint density at radius 2 is 2.19 bits per heavy atom. The number of benzene rings is 1. The highest BCUT2D eigenvalue weighted by atomic mass is 16.5. The van der Waals surface area contributed by atoms with Crippen LogP contribution in [-0.4, -0.2) is 57.2 Å². The molecule has 1 fully saturated rings. The summed E-state index contributed by atoms with van der Waals surface area (Å²) in [5, 5.41) is 3.25. The Hall–Kier alpha value is -1.59. The summed E-state index contributed by atoms with van der Waals surface area (Å²) < 4.78 is 5.07. The Balaban J connectivity index is 0.00000161. The van der Waals surface area contributed by atoms with Crippen molar-refractivity contribution in [1.29, 1.82) is 0 Å². The van der Waals surface area contributed by atoms with Crippen LogP contribution in [0.3, 0.4) is 0 Å². The molecule has 5 heteroatoms. The number of esters is 1. The van der Waals surface area contributed by atoms with E-state index in [-0.39, 0.29) is 13.4 Å². The van der Waals surface area contributed by atoms with Gasteiger partial charge in [0.1, 0.15) is 6.61 Å². The second kappa shape index (κ2) is 6.45. The summed E-state index contributed by atoms with van der Waals surface area (Å²) in [6.45, 7) is 4.48. The molecule has 0 spiro atoms. The Labute approximate surface area is 126 Å². The highest BCUT2D eigenvalue weighted by Gasteiger charge is 2.26. The summed E-state index contributed by atoms with van der Waals surface area (Å²) in [6.07, 6.45) is 0. The molecule has 0 aromatic heterocycles. The van der Waals surface area contributed by atoms with Gasteiger partial charge in [0.2, 0.25) is 0 Å². The van der Waals surface area contributed by atoms with E-state index in [0.29, 0.717) is 12.6 Å². The van der Waals surface area contributed by atoms with Crippen LogP contribution in [0, 0.1) is 0 Å². The number of carbonyl (C=O) groups excluding carboxylic acids is 1. The summed E-state index contributed by atoms with van der Waals surface area (Å²) >= 11 is 0. The van der Waals surface area contributed by atoms with E-state index >= 15 is 0 Å². The van der Waals surface area contributed by atoms with Crippen LogP contribution in [0.2, 0.25) is 0 Å². The molecule has 0 radical (unpaired) electrons. The molecule has 2 heterocycles. The minimum atomic E-state index is -0.196. The molecule has 116 valence electrons. The number of cyclic esters (lactones) is 1.